The van der Waals surface area contributed by atoms with Crippen LogP contribution in [0.5, 0.6) is 0 Å². The molecule has 1 N–H and O–H groups in total. The van der Waals surface area contributed by atoms with Crippen LogP contribution in [0.1, 0.15) is 58.6 Å². The second kappa shape index (κ2) is 9.66. The smallest absolute Gasteiger partial charge is 0.289 e. The predicted molar refractivity (Wildman–Crippen MR) is 129 cm³/mol. The number of aromatic nitrogens is 2. The second-order valence-corrected chi connectivity index (χ2v) is 9.68. The van der Waals surface area contributed by atoms with Gasteiger partial charge in [-0.15, -0.1) is 0 Å². The number of carbonyl (C=O) groups excluding carboxylic acids is 2. The molecule has 2 aromatic carbocycles. The zero-order valence-electron chi connectivity index (χ0n) is 19.6. The summed E-state index contributed by atoms with van der Waals surface area (Å²) in [6, 6.07) is 12.1. The van der Waals surface area contributed by atoms with Crippen LogP contribution in [-0.4, -0.2) is 63.7 Å². The number of nitrogens with one attached hydrogen (secondary N) is 1. The Bertz CT molecular complexity index is 1180. The molecular weight excluding hydrogens is 431 g/mol. The number of benzene rings is 2. The summed E-state index contributed by atoms with van der Waals surface area (Å²) in [5.74, 6) is 0.213. The number of fused-ring (bicyclic) bond motifs is 1. The number of imidazole rings is 1. The predicted octanol–water partition coefficient (Wildman–Crippen LogP) is 4.60. The van der Waals surface area contributed by atoms with Crippen molar-refractivity contribution < 1.29 is 14.0 Å². The van der Waals surface area contributed by atoms with Crippen LogP contribution in [0.3, 0.4) is 0 Å². The number of H-pyrrole nitrogens is 1. The van der Waals surface area contributed by atoms with Crippen LogP contribution in [-0.2, 0) is 0 Å². The van der Waals surface area contributed by atoms with Gasteiger partial charge in [-0.25, -0.2) is 9.37 Å². The van der Waals surface area contributed by atoms with Gasteiger partial charge in [-0.2, -0.15) is 0 Å². The lowest BCUT2D eigenvalue weighted by Gasteiger charge is -2.33. The number of ketones is 1. The minimum atomic E-state index is -0.318. The van der Waals surface area contributed by atoms with Gasteiger partial charge in [0.25, 0.3) is 5.91 Å². The molecule has 1 amide bonds. The summed E-state index contributed by atoms with van der Waals surface area (Å²) in [7, 11) is 0. The molecule has 0 saturated carbocycles. The molecule has 6 nitrogen and oxygen atoms in total. The van der Waals surface area contributed by atoms with Crippen LogP contribution in [0.2, 0.25) is 0 Å². The van der Waals surface area contributed by atoms with Gasteiger partial charge in [0, 0.05) is 30.6 Å². The Morgan fingerprint density at radius 1 is 1.06 bits per heavy atom. The van der Waals surface area contributed by atoms with Crippen LogP contribution >= 0.6 is 0 Å². The topological polar surface area (TPSA) is 69.3 Å². The van der Waals surface area contributed by atoms with E-state index in [4.69, 9.17) is 0 Å². The van der Waals surface area contributed by atoms with Crippen LogP contribution in [0, 0.1) is 18.7 Å². The number of carbonyl (C=O) groups is 2. The number of aryl methyl sites for hydroxylation is 1. The van der Waals surface area contributed by atoms with Crippen LogP contribution in [0.4, 0.5) is 4.39 Å². The molecular formula is C27H31FN4O2. The first-order valence-corrected chi connectivity index (χ1v) is 12.3. The molecule has 7 heteroatoms. The van der Waals surface area contributed by atoms with Crippen LogP contribution < -0.4 is 0 Å². The van der Waals surface area contributed by atoms with Gasteiger partial charge in [0.2, 0.25) is 0 Å². The standard InChI is InChI=1S/C27H31FN4O2/c1-18-4-9-23-24(17-18)30-26(29-23)27(34)32-13-2-3-22(32)12-16-31-14-10-20(11-15-31)25(33)19-5-7-21(28)8-6-19/h4-9,17,20,22H,2-3,10-16H2,1H3,(H,29,30)/t22-/m0/s1. The molecule has 3 aromatic rings. The summed E-state index contributed by atoms with van der Waals surface area (Å²) in [6.45, 7) is 5.47. The van der Waals surface area contributed by atoms with E-state index in [1.54, 1.807) is 12.1 Å². The van der Waals surface area contributed by atoms with Gasteiger partial charge in [-0.05, 0) is 94.1 Å². The number of aromatic amines is 1. The van der Waals surface area contributed by atoms with Crippen molar-refractivity contribution in [1.82, 2.24) is 19.8 Å². The third-order valence-electron chi connectivity index (χ3n) is 7.34. The summed E-state index contributed by atoms with van der Waals surface area (Å²) >= 11 is 0. The number of piperidine rings is 1. The number of Topliss-reactive ketones (excluding diaryl/α,β-unsaturated/α-hetero) is 1. The van der Waals surface area contributed by atoms with Crippen molar-refractivity contribution in [3.05, 3.63) is 65.2 Å². The molecule has 0 unspecified atom stereocenters. The summed E-state index contributed by atoms with van der Waals surface area (Å²) in [6.07, 6.45) is 4.61. The first-order valence-electron chi connectivity index (χ1n) is 12.3. The molecule has 2 saturated heterocycles. The largest absolute Gasteiger partial charge is 0.334 e. The van der Waals surface area contributed by atoms with Crippen molar-refractivity contribution >= 4 is 22.7 Å². The minimum absolute atomic E-state index is 0.00277. The number of rotatable bonds is 6. The highest BCUT2D eigenvalue weighted by atomic mass is 19.1. The molecule has 0 radical (unpaired) electrons. The van der Waals surface area contributed by atoms with E-state index in [-0.39, 0.29) is 29.5 Å². The van der Waals surface area contributed by atoms with Gasteiger partial charge >= 0.3 is 0 Å². The molecule has 0 bridgehead atoms. The number of amides is 1. The molecule has 1 atom stereocenters. The van der Waals surface area contributed by atoms with Crippen molar-refractivity contribution in [2.75, 3.05) is 26.2 Å². The summed E-state index contributed by atoms with van der Waals surface area (Å²) in [5.41, 5.74) is 3.46. The first kappa shape index (κ1) is 22.7. The van der Waals surface area contributed by atoms with E-state index in [1.165, 1.54) is 12.1 Å². The van der Waals surface area contributed by atoms with Crippen molar-refractivity contribution in [3.63, 3.8) is 0 Å². The lowest BCUT2D eigenvalue weighted by molar-refractivity contribution is 0.0695. The van der Waals surface area contributed by atoms with Gasteiger partial charge in [0.1, 0.15) is 5.82 Å². The molecule has 0 spiro atoms. The highest BCUT2D eigenvalue weighted by molar-refractivity contribution is 5.98. The van der Waals surface area contributed by atoms with Gasteiger partial charge < -0.3 is 14.8 Å². The average molecular weight is 463 g/mol. The van der Waals surface area contributed by atoms with E-state index in [0.29, 0.717) is 11.4 Å². The third kappa shape index (κ3) is 4.75. The minimum Gasteiger partial charge on any atom is -0.334 e. The Morgan fingerprint density at radius 3 is 2.59 bits per heavy atom. The molecule has 178 valence electrons. The molecule has 3 heterocycles. The fourth-order valence-corrected chi connectivity index (χ4v) is 5.36. The quantitative estimate of drug-likeness (QED) is 0.544. The van der Waals surface area contributed by atoms with Gasteiger partial charge in [0.05, 0.1) is 11.0 Å². The normalized spacial score (nSPS) is 19.7. The average Bonchev–Trinajstić information content (AvgIpc) is 3.49. The van der Waals surface area contributed by atoms with Crippen molar-refractivity contribution in [2.45, 2.75) is 45.1 Å². The van der Waals surface area contributed by atoms with Crippen LogP contribution in [0.15, 0.2) is 42.5 Å². The van der Waals surface area contributed by atoms with E-state index < -0.39 is 0 Å². The van der Waals surface area contributed by atoms with Crippen molar-refractivity contribution in [2.24, 2.45) is 5.92 Å². The Balaban J connectivity index is 1.14. The van der Waals surface area contributed by atoms with Crippen molar-refractivity contribution in [1.29, 1.82) is 0 Å². The van der Waals surface area contributed by atoms with E-state index in [0.717, 1.165) is 74.9 Å². The SMILES string of the molecule is Cc1ccc2nc(C(=O)N3CCC[C@H]3CCN3CCC(C(=O)c4ccc(F)cc4)CC3)[nH]c2c1. The van der Waals surface area contributed by atoms with Gasteiger partial charge in [0.15, 0.2) is 11.6 Å². The number of hydrogen-bond acceptors (Lipinski definition) is 4. The Hall–Kier alpha value is -3.06. The molecule has 5 rings (SSSR count). The fourth-order valence-electron chi connectivity index (χ4n) is 5.36. The Kier molecular flexibility index (Phi) is 6.46. The molecule has 2 aliphatic rings. The number of hydrogen-bond donors (Lipinski definition) is 1. The molecule has 2 fully saturated rings. The highest BCUT2D eigenvalue weighted by Crippen LogP contribution is 2.26. The molecule has 0 aliphatic carbocycles. The van der Waals surface area contributed by atoms with E-state index >= 15 is 0 Å². The summed E-state index contributed by atoms with van der Waals surface area (Å²) in [4.78, 5) is 38.0. The lowest BCUT2D eigenvalue weighted by atomic mass is 9.89. The first-order chi connectivity index (χ1) is 16.5. The van der Waals surface area contributed by atoms with Crippen LogP contribution in [0.25, 0.3) is 11.0 Å². The zero-order valence-corrected chi connectivity index (χ0v) is 19.6. The fraction of sp³-hybridized carbons (Fsp3) is 0.444. The number of likely N-dealkylation sites (tertiary alicyclic amines) is 2. The van der Waals surface area contributed by atoms with Gasteiger partial charge in [-0.3, -0.25) is 9.59 Å². The van der Waals surface area contributed by atoms with E-state index in [9.17, 15) is 14.0 Å². The third-order valence-corrected chi connectivity index (χ3v) is 7.34. The van der Waals surface area contributed by atoms with E-state index in [1.807, 2.05) is 30.0 Å². The summed E-state index contributed by atoms with van der Waals surface area (Å²) in [5, 5.41) is 0. The van der Waals surface area contributed by atoms with Crippen molar-refractivity contribution in [3.8, 4) is 0 Å². The second-order valence-electron chi connectivity index (χ2n) is 9.68. The monoisotopic (exact) mass is 462 g/mol. The van der Waals surface area contributed by atoms with E-state index in [2.05, 4.69) is 14.9 Å². The number of halogens is 1. The number of nitrogens with zero attached hydrogens (tertiary/aromatic N) is 3. The molecule has 1 aromatic heterocycles. The molecule has 2 aliphatic heterocycles. The maximum atomic E-state index is 13.2. The highest BCUT2D eigenvalue weighted by Gasteiger charge is 2.32. The molecule has 34 heavy (non-hydrogen) atoms. The Morgan fingerprint density at radius 2 is 1.82 bits per heavy atom. The maximum absolute atomic E-state index is 13.2. The lowest BCUT2D eigenvalue weighted by Crippen LogP contribution is -2.41. The maximum Gasteiger partial charge on any atom is 0.289 e. The Labute approximate surface area is 199 Å². The summed E-state index contributed by atoms with van der Waals surface area (Å²) < 4.78 is 13.1. The zero-order chi connectivity index (χ0) is 23.7. The van der Waals surface area contributed by atoms with Gasteiger partial charge in [-0.1, -0.05) is 6.07 Å².